The van der Waals surface area contributed by atoms with Crippen molar-refractivity contribution in [3.63, 3.8) is 0 Å². The van der Waals surface area contributed by atoms with Crippen LogP contribution in [0.5, 0.6) is 0 Å². The van der Waals surface area contributed by atoms with Crippen molar-refractivity contribution in [1.29, 1.82) is 0 Å². The number of carbonyl (C=O) groups is 1. The summed E-state index contributed by atoms with van der Waals surface area (Å²) in [5.41, 5.74) is 0.971. The van der Waals surface area contributed by atoms with Crippen LogP contribution in [0.2, 0.25) is 0 Å². The number of aromatic nitrogens is 1. The Labute approximate surface area is 115 Å². The lowest BCUT2D eigenvalue weighted by Gasteiger charge is -2.25. The molecular formula is C15H23N3O. The third-order valence-corrected chi connectivity index (χ3v) is 3.45. The van der Waals surface area contributed by atoms with E-state index in [9.17, 15) is 4.79 Å². The van der Waals surface area contributed by atoms with E-state index < -0.39 is 0 Å². The van der Waals surface area contributed by atoms with Crippen molar-refractivity contribution in [2.24, 2.45) is 5.92 Å². The van der Waals surface area contributed by atoms with E-state index in [1.807, 2.05) is 30.0 Å². The van der Waals surface area contributed by atoms with E-state index in [-0.39, 0.29) is 11.8 Å². The van der Waals surface area contributed by atoms with Crippen molar-refractivity contribution in [1.82, 2.24) is 15.2 Å². The highest BCUT2D eigenvalue weighted by Gasteiger charge is 2.34. The number of nitrogens with zero attached hydrogens (tertiary/aromatic N) is 2. The zero-order valence-electron chi connectivity index (χ0n) is 11.8. The predicted octanol–water partition coefficient (Wildman–Crippen LogP) is 1.82. The zero-order chi connectivity index (χ0) is 13.7. The summed E-state index contributed by atoms with van der Waals surface area (Å²) in [6, 6.07) is 6.29. The molecule has 1 saturated carbocycles. The van der Waals surface area contributed by atoms with Crippen molar-refractivity contribution >= 4 is 5.91 Å². The van der Waals surface area contributed by atoms with E-state index in [0.717, 1.165) is 31.6 Å². The fourth-order valence-electron chi connectivity index (χ4n) is 2.17. The average molecular weight is 261 g/mol. The Bertz CT molecular complexity index is 403. The molecule has 0 aliphatic heterocycles. The summed E-state index contributed by atoms with van der Waals surface area (Å²) in [6.45, 7) is 6.35. The second kappa shape index (κ2) is 6.66. The van der Waals surface area contributed by atoms with Gasteiger partial charge in [-0.1, -0.05) is 19.9 Å². The number of hydrogen-bond donors (Lipinski definition) is 1. The summed E-state index contributed by atoms with van der Waals surface area (Å²) in [6.07, 6.45) is 4.05. The lowest BCUT2D eigenvalue weighted by atomic mass is 10.1. The average Bonchev–Trinajstić information content (AvgIpc) is 3.27. The van der Waals surface area contributed by atoms with Crippen LogP contribution in [0.3, 0.4) is 0 Å². The van der Waals surface area contributed by atoms with Gasteiger partial charge in [0, 0.05) is 24.7 Å². The Kier molecular flexibility index (Phi) is 4.91. The molecule has 0 aromatic carbocycles. The summed E-state index contributed by atoms with van der Waals surface area (Å²) in [4.78, 5) is 18.8. The quantitative estimate of drug-likeness (QED) is 0.814. The molecule has 0 saturated heterocycles. The topological polar surface area (TPSA) is 45.2 Å². The second-order valence-electron chi connectivity index (χ2n) is 5.23. The molecule has 2 rings (SSSR count). The number of hydrogen-bond acceptors (Lipinski definition) is 3. The van der Waals surface area contributed by atoms with Gasteiger partial charge in [0.1, 0.15) is 0 Å². The number of rotatable bonds is 7. The van der Waals surface area contributed by atoms with E-state index in [0.29, 0.717) is 12.6 Å². The molecule has 1 aromatic heterocycles. The molecule has 1 heterocycles. The SMILES string of the molecule is CCNCC(C)C(=O)N(Cc1ccccn1)C1CC1. The van der Waals surface area contributed by atoms with Crippen molar-refractivity contribution in [2.75, 3.05) is 13.1 Å². The van der Waals surface area contributed by atoms with E-state index in [1.54, 1.807) is 6.20 Å². The smallest absolute Gasteiger partial charge is 0.227 e. The fourth-order valence-corrected chi connectivity index (χ4v) is 2.17. The first-order valence-electron chi connectivity index (χ1n) is 7.13. The van der Waals surface area contributed by atoms with Gasteiger partial charge in [-0.2, -0.15) is 0 Å². The Balaban J connectivity index is 1.97. The van der Waals surface area contributed by atoms with Crippen molar-refractivity contribution in [3.8, 4) is 0 Å². The van der Waals surface area contributed by atoms with Crippen molar-refractivity contribution < 1.29 is 4.79 Å². The Morgan fingerprint density at radius 1 is 1.53 bits per heavy atom. The van der Waals surface area contributed by atoms with Crippen LogP contribution in [0.25, 0.3) is 0 Å². The Hall–Kier alpha value is -1.42. The van der Waals surface area contributed by atoms with Crippen LogP contribution >= 0.6 is 0 Å². The molecule has 1 N–H and O–H groups in total. The Morgan fingerprint density at radius 3 is 2.89 bits per heavy atom. The molecule has 0 radical (unpaired) electrons. The second-order valence-corrected chi connectivity index (χ2v) is 5.23. The fraction of sp³-hybridized carbons (Fsp3) is 0.600. The molecule has 1 fully saturated rings. The summed E-state index contributed by atoms with van der Waals surface area (Å²) < 4.78 is 0. The van der Waals surface area contributed by atoms with E-state index in [1.165, 1.54) is 0 Å². The van der Waals surface area contributed by atoms with Gasteiger partial charge in [0.15, 0.2) is 0 Å². The van der Waals surface area contributed by atoms with Gasteiger partial charge in [0.25, 0.3) is 0 Å². The van der Waals surface area contributed by atoms with Gasteiger partial charge in [-0.25, -0.2) is 0 Å². The number of carbonyl (C=O) groups excluding carboxylic acids is 1. The normalized spacial score (nSPS) is 16.1. The number of nitrogens with one attached hydrogen (secondary N) is 1. The molecule has 1 atom stereocenters. The molecule has 4 nitrogen and oxygen atoms in total. The molecule has 1 aromatic rings. The summed E-state index contributed by atoms with van der Waals surface area (Å²) >= 11 is 0. The third-order valence-electron chi connectivity index (χ3n) is 3.45. The number of amides is 1. The molecule has 4 heteroatoms. The van der Waals surface area contributed by atoms with Crippen molar-refractivity contribution in [2.45, 2.75) is 39.3 Å². The highest BCUT2D eigenvalue weighted by atomic mass is 16.2. The zero-order valence-corrected chi connectivity index (χ0v) is 11.8. The Morgan fingerprint density at radius 2 is 2.32 bits per heavy atom. The summed E-state index contributed by atoms with van der Waals surface area (Å²) in [7, 11) is 0. The minimum absolute atomic E-state index is 0.0317. The first-order valence-corrected chi connectivity index (χ1v) is 7.13. The van der Waals surface area contributed by atoms with Crippen LogP contribution in [0.15, 0.2) is 24.4 Å². The molecule has 0 spiro atoms. The van der Waals surface area contributed by atoms with Crippen LogP contribution in [0.1, 0.15) is 32.4 Å². The molecule has 104 valence electrons. The van der Waals surface area contributed by atoms with Gasteiger partial charge >= 0.3 is 0 Å². The lowest BCUT2D eigenvalue weighted by Crippen LogP contribution is -2.40. The monoisotopic (exact) mass is 261 g/mol. The molecule has 19 heavy (non-hydrogen) atoms. The number of pyridine rings is 1. The largest absolute Gasteiger partial charge is 0.334 e. The van der Waals surface area contributed by atoms with Gasteiger partial charge in [0.05, 0.1) is 12.2 Å². The third kappa shape index (κ3) is 4.03. The first-order chi connectivity index (χ1) is 9.22. The van der Waals surface area contributed by atoms with E-state index in [2.05, 4.69) is 17.2 Å². The van der Waals surface area contributed by atoms with Gasteiger partial charge in [-0.15, -0.1) is 0 Å². The van der Waals surface area contributed by atoms with E-state index >= 15 is 0 Å². The minimum atomic E-state index is 0.0317. The maximum atomic E-state index is 12.5. The lowest BCUT2D eigenvalue weighted by molar-refractivity contribution is -0.136. The maximum Gasteiger partial charge on any atom is 0.227 e. The molecular weight excluding hydrogens is 238 g/mol. The highest BCUT2D eigenvalue weighted by Crippen LogP contribution is 2.29. The van der Waals surface area contributed by atoms with Crippen LogP contribution in [0.4, 0.5) is 0 Å². The molecule has 1 aliphatic carbocycles. The van der Waals surface area contributed by atoms with Crippen LogP contribution in [-0.2, 0) is 11.3 Å². The maximum absolute atomic E-state index is 12.5. The summed E-state index contributed by atoms with van der Waals surface area (Å²) in [5, 5.41) is 3.24. The van der Waals surface area contributed by atoms with Gasteiger partial charge in [0.2, 0.25) is 5.91 Å². The highest BCUT2D eigenvalue weighted by molar-refractivity contribution is 5.79. The molecule has 0 bridgehead atoms. The summed E-state index contributed by atoms with van der Waals surface area (Å²) in [5.74, 6) is 0.276. The standard InChI is InChI=1S/C15H23N3O/c1-3-16-10-12(2)15(19)18(14-7-8-14)11-13-6-4-5-9-17-13/h4-6,9,12,14,16H,3,7-8,10-11H2,1-2H3. The molecule has 1 aliphatic rings. The van der Waals surface area contributed by atoms with E-state index in [4.69, 9.17) is 0 Å². The van der Waals surface area contributed by atoms with Crippen LogP contribution in [-0.4, -0.2) is 34.9 Å². The van der Waals surface area contributed by atoms with Gasteiger partial charge in [-0.05, 0) is 31.5 Å². The van der Waals surface area contributed by atoms with Crippen LogP contribution < -0.4 is 5.32 Å². The first kappa shape index (κ1) is 14.0. The minimum Gasteiger partial charge on any atom is -0.334 e. The van der Waals surface area contributed by atoms with Gasteiger partial charge < -0.3 is 10.2 Å². The van der Waals surface area contributed by atoms with Crippen LogP contribution in [0, 0.1) is 5.92 Å². The predicted molar refractivity (Wildman–Crippen MR) is 75.5 cm³/mol. The molecule has 1 amide bonds. The van der Waals surface area contributed by atoms with Crippen molar-refractivity contribution in [3.05, 3.63) is 30.1 Å². The van der Waals surface area contributed by atoms with Gasteiger partial charge in [-0.3, -0.25) is 9.78 Å². The molecule has 1 unspecified atom stereocenters.